The molecule has 6 nitrogen and oxygen atoms in total. The summed E-state index contributed by atoms with van der Waals surface area (Å²) in [4.78, 5) is 14.0. The molecule has 1 amide bonds. The molecule has 134 valence electrons. The average molecular weight is 350 g/mol. The highest BCUT2D eigenvalue weighted by Crippen LogP contribution is 2.31. The van der Waals surface area contributed by atoms with Crippen LogP contribution in [0.1, 0.15) is 18.4 Å². The first kappa shape index (κ1) is 16.7. The smallest absolute Gasteiger partial charge is 0.243 e. The van der Waals surface area contributed by atoms with Gasteiger partial charge in [0.25, 0.3) is 0 Å². The molecule has 2 N–H and O–H groups in total. The van der Waals surface area contributed by atoms with Crippen LogP contribution in [0.2, 0.25) is 0 Å². The third-order valence-corrected chi connectivity index (χ3v) is 4.98. The number of aromatic nitrogens is 3. The van der Waals surface area contributed by atoms with Gasteiger partial charge in [0.05, 0.1) is 6.10 Å². The minimum Gasteiger partial charge on any atom is -0.393 e. The van der Waals surface area contributed by atoms with Gasteiger partial charge in [-0.3, -0.25) is 4.79 Å². The Hall–Kier alpha value is -2.73. The normalized spacial score (nSPS) is 20.5. The van der Waals surface area contributed by atoms with E-state index >= 15 is 0 Å². The number of aliphatic hydroxyl groups is 1. The number of carbonyl (C=O) groups is 1. The fourth-order valence-electron chi connectivity index (χ4n) is 3.52. The van der Waals surface area contributed by atoms with E-state index in [9.17, 15) is 9.90 Å². The third-order valence-electron chi connectivity index (χ3n) is 4.98. The molecule has 0 bridgehead atoms. The number of fused-ring (bicyclic) bond motifs is 1. The molecule has 0 aliphatic heterocycles. The Morgan fingerprint density at radius 1 is 1.08 bits per heavy atom. The molecule has 1 heterocycles. The average Bonchev–Trinajstić information content (AvgIpc) is 3.01. The Morgan fingerprint density at radius 2 is 1.69 bits per heavy atom. The maximum Gasteiger partial charge on any atom is 0.243 e. The van der Waals surface area contributed by atoms with Crippen molar-refractivity contribution in [1.82, 2.24) is 20.3 Å². The van der Waals surface area contributed by atoms with Crippen molar-refractivity contribution < 1.29 is 9.90 Å². The molecule has 6 heteroatoms. The van der Waals surface area contributed by atoms with Crippen molar-refractivity contribution >= 4 is 16.9 Å². The standard InChI is InChI=1S/C20H22N4O2/c25-16-11-15(12-16)19(10-14-6-2-1-3-7-14)21-20(26)13-24-22-17-8-4-5-9-18(17)23-24/h1-9,15-16,19,25H,10-13H2,(H,21,26)/t15?,16?,19-/m0/s1. The van der Waals surface area contributed by atoms with Crippen molar-refractivity contribution in [2.75, 3.05) is 0 Å². The Kier molecular flexibility index (Phi) is 4.67. The van der Waals surface area contributed by atoms with Gasteiger partial charge in [-0.05, 0) is 42.9 Å². The van der Waals surface area contributed by atoms with Crippen LogP contribution in [0.15, 0.2) is 54.6 Å². The van der Waals surface area contributed by atoms with Gasteiger partial charge in [-0.15, -0.1) is 0 Å². The molecule has 1 aliphatic rings. The number of aliphatic hydroxyl groups excluding tert-OH is 1. The third kappa shape index (κ3) is 3.75. The molecule has 0 saturated heterocycles. The summed E-state index contributed by atoms with van der Waals surface area (Å²) < 4.78 is 0. The minimum atomic E-state index is -0.242. The number of hydrogen-bond donors (Lipinski definition) is 2. The van der Waals surface area contributed by atoms with Crippen LogP contribution in [0.3, 0.4) is 0 Å². The van der Waals surface area contributed by atoms with Gasteiger partial charge in [0.2, 0.25) is 5.91 Å². The van der Waals surface area contributed by atoms with Crippen LogP contribution < -0.4 is 5.32 Å². The summed E-state index contributed by atoms with van der Waals surface area (Å²) in [5.41, 5.74) is 2.74. The minimum absolute atomic E-state index is 0.0123. The second-order valence-electron chi connectivity index (χ2n) is 6.97. The number of benzene rings is 2. The van der Waals surface area contributed by atoms with E-state index in [1.807, 2.05) is 42.5 Å². The maximum absolute atomic E-state index is 12.5. The Bertz CT molecular complexity index is 854. The predicted octanol–water partition coefficient (Wildman–Crippen LogP) is 1.93. The predicted molar refractivity (Wildman–Crippen MR) is 98.3 cm³/mol. The van der Waals surface area contributed by atoms with Crippen molar-refractivity contribution in [2.24, 2.45) is 5.92 Å². The first-order valence-corrected chi connectivity index (χ1v) is 8.98. The quantitative estimate of drug-likeness (QED) is 0.712. The molecular formula is C20H22N4O2. The van der Waals surface area contributed by atoms with Crippen LogP contribution in [0.25, 0.3) is 11.0 Å². The molecular weight excluding hydrogens is 328 g/mol. The lowest BCUT2D eigenvalue weighted by atomic mass is 9.75. The zero-order chi connectivity index (χ0) is 17.9. The molecule has 0 spiro atoms. The number of carbonyl (C=O) groups excluding carboxylic acids is 1. The maximum atomic E-state index is 12.5. The number of rotatable bonds is 6. The highest BCUT2D eigenvalue weighted by Gasteiger charge is 2.34. The summed E-state index contributed by atoms with van der Waals surface area (Å²) in [7, 11) is 0. The molecule has 1 aromatic heterocycles. The fraction of sp³-hybridized carbons (Fsp3) is 0.350. The van der Waals surface area contributed by atoms with Crippen LogP contribution in [0.4, 0.5) is 0 Å². The van der Waals surface area contributed by atoms with E-state index in [1.165, 1.54) is 10.4 Å². The SMILES string of the molecule is O=C(Cn1nc2ccccc2n1)N[C@@H](Cc1ccccc1)C1CC(O)C1. The van der Waals surface area contributed by atoms with Gasteiger partial charge in [0.15, 0.2) is 0 Å². The highest BCUT2D eigenvalue weighted by molar-refractivity contribution is 5.77. The van der Waals surface area contributed by atoms with Crippen LogP contribution >= 0.6 is 0 Å². The van der Waals surface area contributed by atoms with E-state index < -0.39 is 0 Å². The molecule has 1 fully saturated rings. The van der Waals surface area contributed by atoms with Crippen molar-refractivity contribution in [2.45, 2.75) is 38.0 Å². The largest absolute Gasteiger partial charge is 0.393 e. The molecule has 1 saturated carbocycles. The van der Waals surface area contributed by atoms with E-state index in [2.05, 4.69) is 27.6 Å². The molecule has 2 aromatic carbocycles. The number of nitrogens with zero attached hydrogens (tertiary/aromatic N) is 3. The van der Waals surface area contributed by atoms with Gasteiger partial charge in [-0.25, -0.2) is 0 Å². The molecule has 1 atom stereocenters. The van der Waals surface area contributed by atoms with Gasteiger partial charge >= 0.3 is 0 Å². The van der Waals surface area contributed by atoms with E-state index in [-0.39, 0.29) is 24.6 Å². The highest BCUT2D eigenvalue weighted by atomic mass is 16.3. The number of amides is 1. The first-order chi connectivity index (χ1) is 12.7. The van der Waals surface area contributed by atoms with Gasteiger partial charge in [0, 0.05) is 6.04 Å². The first-order valence-electron chi connectivity index (χ1n) is 8.98. The Morgan fingerprint density at radius 3 is 2.31 bits per heavy atom. The topological polar surface area (TPSA) is 80.0 Å². The lowest BCUT2D eigenvalue weighted by Gasteiger charge is -2.38. The summed E-state index contributed by atoms with van der Waals surface area (Å²) in [5, 5.41) is 21.5. The van der Waals surface area contributed by atoms with Gasteiger partial charge in [0.1, 0.15) is 17.6 Å². The zero-order valence-corrected chi connectivity index (χ0v) is 14.5. The van der Waals surface area contributed by atoms with Gasteiger partial charge < -0.3 is 10.4 Å². The van der Waals surface area contributed by atoms with E-state index in [0.29, 0.717) is 5.92 Å². The number of hydrogen-bond acceptors (Lipinski definition) is 4. The summed E-state index contributed by atoms with van der Waals surface area (Å²) in [5.74, 6) is 0.200. The molecule has 1 aliphatic carbocycles. The van der Waals surface area contributed by atoms with E-state index in [0.717, 1.165) is 30.3 Å². The van der Waals surface area contributed by atoms with Crippen molar-refractivity contribution in [3.8, 4) is 0 Å². The lowest BCUT2D eigenvalue weighted by Crippen LogP contribution is -2.49. The molecule has 0 radical (unpaired) electrons. The fourth-order valence-corrected chi connectivity index (χ4v) is 3.52. The second kappa shape index (κ2) is 7.25. The van der Waals surface area contributed by atoms with Crippen LogP contribution in [-0.2, 0) is 17.8 Å². The molecule has 3 aromatic rings. The molecule has 26 heavy (non-hydrogen) atoms. The Labute approximate surface area is 151 Å². The molecule has 0 unspecified atom stereocenters. The van der Waals surface area contributed by atoms with E-state index in [4.69, 9.17) is 0 Å². The van der Waals surface area contributed by atoms with Gasteiger partial charge in [-0.2, -0.15) is 15.0 Å². The van der Waals surface area contributed by atoms with Crippen molar-refractivity contribution in [3.63, 3.8) is 0 Å². The number of nitrogens with one attached hydrogen (secondary N) is 1. The van der Waals surface area contributed by atoms with Gasteiger partial charge in [-0.1, -0.05) is 42.5 Å². The summed E-state index contributed by atoms with van der Waals surface area (Å²) in [6.45, 7) is 0.0925. The molecule has 4 rings (SSSR count). The summed E-state index contributed by atoms with van der Waals surface area (Å²) in [6.07, 6.45) is 2.00. The second-order valence-corrected chi connectivity index (χ2v) is 6.97. The van der Waals surface area contributed by atoms with E-state index in [1.54, 1.807) is 0 Å². The van der Waals surface area contributed by atoms with Crippen LogP contribution in [0.5, 0.6) is 0 Å². The van der Waals surface area contributed by atoms with Crippen molar-refractivity contribution in [1.29, 1.82) is 0 Å². The lowest BCUT2D eigenvalue weighted by molar-refractivity contribution is -0.123. The summed E-state index contributed by atoms with van der Waals surface area (Å²) in [6, 6.07) is 17.7. The van der Waals surface area contributed by atoms with Crippen molar-refractivity contribution in [3.05, 3.63) is 60.2 Å². The van der Waals surface area contributed by atoms with Crippen LogP contribution in [-0.4, -0.2) is 38.2 Å². The Balaban J connectivity index is 1.43. The zero-order valence-electron chi connectivity index (χ0n) is 14.5. The van der Waals surface area contributed by atoms with Crippen LogP contribution in [0, 0.1) is 5.92 Å². The monoisotopic (exact) mass is 350 g/mol. The summed E-state index contributed by atoms with van der Waals surface area (Å²) >= 11 is 0.